The van der Waals surface area contributed by atoms with Gasteiger partial charge in [0.15, 0.2) is 0 Å². The number of nitrogens with one attached hydrogen (secondary N) is 1. The number of carbonyl (C=O) groups excluding carboxylic acids is 2. The molecule has 1 amide bonds. The number of amides is 1. The van der Waals surface area contributed by atoms with Crippen LogP contribution in [0.3, 0.4) is 0 Å². The minimum Gasteiger partial charge on any atom is -0.494 e. The van der Waals surface area contributed by atoms with Gasteiger partial charge in [-0.15, -0.1) is 23.2 Å². The summed E-state index contributed by atoms with van der Waals surface area (Å²) in [6.45, 7) is 2.41. The zero-order valence-electron chi connectivity index (χ0n) is 12.1. The van der Waals surface area contributed by atoms with Gasteiger partial charge in [0.1, 0.15) is 16.6 Å². The van der Waals surface area contributed by atoms with E-state index in [4.69, 9.17) is 32.7 Å². The van der Waals surface area contributed by atoms with E-state index in [0.717, 1.165) is 0 Å². The van der Waals surface area contributed by atoms with Crippen LogP contribution in [0, 0.1) is 5.92 Å². The Morgan fingerprint density at radius 1 is 1.32 bits per heavy atom. The third-order valence-corrected chi connectivity index (χ3v) is 4.15. The van der Waals surface area contributed by atoms with Crippen molar-refractivity contribution in [1.29, 1.82) is 0 Å². The molecule has 1 aliphatic rings. The molecule has 22 heavy (non-hydrogen) atoms. The van der Waals surface area contributed by atoms with Gasteiger partial charge in [-0.1, -0.05) is 0 Å². The first kappa shape index (κ1) is 16.9. The third-order valence-electron chi connectivity index (χ3n) is 3.22. The predicted octanol–water partition coefficient (Wildman–Crippen LogP) is 2.55. The fourth-order valence-corrected chi connectivity index (χ4v) is 2.32. The van der Waals surface area contributed by atoms with Crippen molar-refractivity contribution in [3.05, 3.63) is 29.8 Å². The molecule has 0 bridgehead atoms. The summed E-state index contributed by atoms with van der Waals surface area (Å²) in [5.41, 5.74) is 0.443. The summed E-state index contributed by atoms with van der Waals surface area (Å²) in [4.78, 5) is 23.4. The van der Waals surface area contributed by atoms with Crippen LogP contribution in [0.15, 0.2) is 24.3 Å². The number of hydrogen-bond donors (Lipinski definition) is 1. The molecule has 0 aliphatic heterocycles. The SMILES string of the molecule is CCOc1ccc(C(=O)NCC(=O)OC[C@@H]2CC2(Cl)Cl)cc1. The molecule has 2 rings (SSSR count). The maximum absolute atomic E-state index is 11.9. The second kappa shape index (κ2) is 7.20. The van der Waals surface area contributed by atoms with Crippen LogP contribution in [-0.2, 0) is 9.53 Å². The smallest absolute Gasteiger partial charge is 0.325 e. The van der Waals surface area contributed by atoms with Crippen LogP contribution in [0.25, 0.3) is 0 Å². The van der Waals surface area contributed by atoms with Crippen LogP contribution < -0.4 is 10.1 Å². The molecule has 120 valence electrons. The molecule has 1 aliphatic carbocycles. The lowest BCUT2D eigenvalue weighted by atomic mass is 10.2. The first-order valence-electron chi connectivity index (χ1n) is 6.97. The fraction of sp³-hybridized carbons (Fsp3) is 0.467. The summed E-state index contributed by atoms with van der Waals surface area (Å²) in [6.07, 6.45) is 0.613. The molecule has 0 spiro atoms. The Kier molecular flexibility index (Phi) is 5.53. The Hall–Kier alpha value is -1.46. The average Bonchev–Trinajstić information content (AvgIpc) is 3.11. The Bertz CT molecular complexity index is 545. The second-order valence-electron chi connectivity index (χ2n) is 4.99. The van der Waals surface area contributed by atoms with Gasteiger partial charge in [-0.2, -0.15) is 0 Å². The van der Waals surface area contributed by atoms with Crippen molar-refractivity contribution in [3.63, 3.8) is 0 Å². The number of carbonyl (C=O) groups is 2. The second-order valence-corrected chi connectivity index (χ2v) is 6.53. The van der Waals surface area contributed by atoms with Crippen molar-refractivity contribution < 1.29 is 19.1 Å². The lowest BCUT2D eigenvalue weighted by molar-refractivity contribution is -0.142. The highest BCUT2D eigenvalue weighted by Crippen LogP contribution is 2.53. The van der Waals surface area contributed by atoms with Crippen LogP contribution in [0.5, 0.6) is 5.75 Å². The van der Waals surface area contributed by atoms with Crippen molar-refractivity contribution in [2.75, 3.05) is 19.8 Å². The van der Waals surface area contributed by atoms with Crippen molar-refractivity contribution in [2.45, 2.75) is 17.7 Å². The van der Waals surface area contributed by atoms with Crippen LogP contribution in [0.1, 0.15) is 23.7 Å². The Balaban J connectivity index is 1.71. The topological polar surface area (TPSA) is 64.6 Å². The highest BCUT2D eigenvalue weighted by atomic mass is 35.5. The number of hydrogen-bond acceptors (Lipinski definition) is 4. The zero-order chi connectivity index (χ0) is 16.2. The van der Waals surface area contributed by atoms with Gasteiger partial charge in [-0.3, -0.25) is 9.59 Å². The van der Waals surface area contributed by atoms with Gasteiger partial charge < -0.3 is 14.8 Å². The zero-order valence-corrected chi connectivity index (χ0v) is 13.6. The highest BCUT2D eigenvalue weighted by Gasteiger charge is 2.52. The van der Waals surface area contributed by atoms with Gasteiger partial charge in [0.2, 0.25) is 0 Å². The Morgan fingerprint density at radius 3 is 2.50 bits per heavy atom. The lowest BCUT2D eigenvalue weighted by Crippen LogP contribution is -2.31. The quantitative estimate of drug-likeness (QED) is 0.609. The van der Waals surface area contributed by atoms with E-state index in [1.165, 1.54) is 0 Å². The van der Waals surface area contributed by atoms with E-state index in [1.54, 1.807) is 24.3 Å². The van der Waals surface area contributed by atoms with Crippen LogP contribution in [-0.4, -0.2) is 36.0 Å². The highest BCUT2D eigenvalue weighted by molar-refractivity contribution is 6.50. The molecule has 1 aromatic carbocycles. The molecule has 5 nitrogen and oxygen atoms in total. The normalized spacial score (nSPS) is 18.4. The number of esters is 1. The third kappa shape index (κ3) is 4.78. The van der Waals surface area contributed by atoms with Crippen molar-refractivity contribution >= 4 is 35.1 Å². The van der Waals surface area contributed by atoms with E-state index >= 15 is 0 Å². The van der Waals surface area contributed by atoms with Gasteiger partial charge in [0.05, 0.1) is 13.2 Å². The summed E-state index contributed by atoms with van der Waals surface area (Å²) in [6, 6.07) is 6.66. The maximum Gasteiger partial charge on any atom is 0.325 e. The molecule has 0 unspecified atom stereocenters. The predicted molar refractivity (Wildman–Crippen MR) is 83.4 cm³/mol. The molecule has 1 aromatic rings. The van der Waals surface area contributed by atoms with Crippen molar-refractivity contribution in [1.82, 2.24) is 5.32 Å². The molecule has 0 heterocycles. The number of benzene rings is 1. The number of halogens is 2. The summed E-state index contributed by atoms with van der Waals surface area (Å²) < 4.78 is 9.51. The molecule has 1 atom stereocenters. The van der Waals surface area contributed by atoms with E-state index in [-0.39, 0.29) is 25.0 Å². The summed E-state index contributed by atoms with van der Waals surface area (Å²) in [5.74, 6) is -0.208. The average molecular weight is 346 g/mol. The lowest BCUT2D eigenvalue weighted by Gasteiger charge is -2.07. The molecule has 1 fully saturated rings. The van der Waals surface area contributed by atoms with Gasteiger partial charge >= 0.3 is 5.97 Å². The summed E-state index contributed by atoms with van der Waals surface area (Å²) in [5, 5.41) is 2.49. The summed E-state index contributed by atoms with van der Waals surface area (Å²) in [7, 11) is 0. The fourth-order valence-electron chi connectivity index (χ4n) is 1.82. The van der Waals surface area contributed by atoms with Crippen LogP contribution in [0.2, 0.25) is 0 Å². The van der Waals surface area contributed by atoms with E-state index in [1.807, 2.05) is 6.92 Å². The Morgan fingerprint density at radius 2 is 1.95 bits per heavy atom. The van der Waals surface area contributed by atoms with E-state index in [0.29, 0.717) is 24.3 Å². The van der Waals surface area contributed by atoms with Crippen LogP contribution >= 0.6 is 23.2 Å². The van der Waals surface area contributed by atoms with Gasteiger partial charge in [-0.05, 0) is 37.6 Å². The molecule has 0 saturated heterocycles. The number of ether oxygens (including phenoxy) is 2. The largest absolute Gasteiger partial charge is 0.494 e. The molecule has 7 heteroatoms. The maximum atomic E-state index is 11.9. The first-order chi connectivity index (χ1) is 10.4. The van der Waals surface area contributed by atoms with Crippen molar-refractivity contribution in [3.8, 4) is 5.75 Å². The van der Waals surface area contributed by atoms with Gasteiger partial charge in [-0.25, -0.2) is 0 Å². The minimum atomic E-state index is -0.772. The number of rotatable bonds is 7. The van der Waals surface area contributed by atoms with E-state index < -0.39 is 10.3 Å². The molecule has 1 N–H and O–H groups in total. The molecule has 0 radical (unpaired) electrons. The van der Waals surface area contributed by atoms with Gasteiger partial charge in [0.25, 0.3) is 5.91 Å². The van der Waals surface area contributed by atoms with Crippen LogP contribution in [0.4, 0.5) is 0 Å². The van der Waals surface area contributed by atoms with E-state index in [9.17, 15) is 9.59 Å². The number of alkyl halides is 2. The standard InChI is InChI=1S/C15H17Cl2NO4/c1-2-21-12-5-3-10(4-6-12)14(20)18-8-13(19)22-9-11-7-15(11,16)17/h3-6,11H,2,7-9H2,1H3,(H,18,20)/t11-/m0/s1. The van der Waals surface area contributed by atoms with Crippen molar-refractivity contribution in [2.24, 2.45) is 5.92 Å². The first-order valence-corrected chi connectivity index (χ1v) is 7.72. The molecule has 0 aromatic heterocycles. The minimum absolute atomic E-state index is 0.0263. The Labute approximate surface area is 138 Å². The molecule has 1 saturated carbocycles. The van der Waals surface area contributed by atoms with Gasteiger partial charge in [0, 0.05) is 11.5 Å². The monoisotopic (exact) mass is 345 g/mol. The van der Waals surface area contributed by atoms with E-state index in [2.05, 4.69) is 5.32 Å². The molecular weight excluding hydrogens is 329 g/mol. The summed E-state index contributed by atoms with van der Waals surface area (Å²) >= 11 is 11.7. The molecular formula is C15H17Cl2NO4.